The van der Waals surface area contributed by atoms with Crippen LogP contribution in [-0.2, 0) is 4.79 Å². The van der Waals surface area contributed by atoms with E-state index in [1.165, 1.54) is 4.90 Å². The van der Waals surface area contributed by atoms with Crippen molar-refractivity contribution in [1.29, 1.82) is 0 Å². The Morgan fingerprint density at radius 3 is 2.10 bits per heavy atom. The summed E-state index contributed by atoms with van der Waals surface area (Å²) in [6.07, 6.45) is -0.0419. The number of carbonyl (C=O) groups is 2. The molecule has 5 nitrogen and oxygen atoms in total. The summed E-state index contributed by atoms with van der Waals surface area (Å²) in [6.45, 7) is 6.22. The van der Waals surface area contributed by atoms with Crippen molar-refractivity contribution in [3.63, 3.8) is 0 Å². The number of nitrogens with zero attached hydrogens (tertiary/aromatic N) is 2. The number of benzene rings is 1. The van der Waals surface area contributed by atoms with Crippen LogP contribution >= 0.6 is 0 Å². The lowest BCUT2D eigenvalue weighted by Crippen LogP contribution is -2.29. The molecule has 0 saturated heterocycles. The third kappa shape index (κ3) is 4.26. The van der Waals surface area contributed by atoms with Crippen molar-refractivity contribution in [2.24, 2.45) is 0 Å². The van der Waals surface area contributed by atoms with Crippen LogP contribution in [0.2, 0.25) is 0 Å². The zero-order chi connectivity index (χ0) is 15.1. The van der Waals surface area contributed by atoms with Crippen LogP contribution in [-0.4, -0.2) is 48.6 Å². The van der Waals surface area contributed by atoms with Gasteiger partial charge < -0.3 is 14.9 Å². The smallest absolute Gasteiger partial charge is 0.305 e. The fourth-order valence-electron chi connectivity index (χ4n) is 1.99. The minimum atomic E-state index is -0.901. The van der Waals surface area contributed by atoms with Gasteiger partial charge in [-0.1, -0.05) is 0 Å². The van der Waals surface area contributed by atoms with Crippen LogP contribution in [0.5, 0.6) is 0 Å². The first-order valence-electron chi connectivity index (χ1n) is 6.81. The van der Waals surface area contributed by atoms with Gasteiger partial charge in [0.1, 0.15) is 0 Å². The number of amides is 1. The molecule has 110 valence electrons. The molecule has 1 aromatic rings. The van der Waals surface area contributed by atoms with Gasteiger partial charge in [-0.2, -0.15) is 0 Å². The molecule has 0 aliphatic rings. The Labute approximate surface area is 119 Å². The number of carbonyl (C=O) groups excluding carboxylic acids is 1. The highest BCUT2D eigenvalue weighted by molar-refractivity contribution is 5.94. The van der Waals surface area contributed by atoms with Crippen LogP contribution in [0.4, 0.5) is 5.69 Å². The number of hydrogen-bond donors (Lipinski definition) is 1. The zero-order valence-corrected chi connectivity index (χ0v) is 12.3. The first kappa shape index (κ1) is 16.0. The van der Waals surface area contributed by atoms with Crippen molar-refractivity contribution in [2.75, 3.05) is 31.6 Å². The first-order valence-corrected chi connectivity index (χ1v) is 6.81. The van der Waals surface area contributed by atoms with Crippen molar-refractivity contribution < 1.29 is 14.7 Å². The number of aliphatic carboxylic acids is 1. The predicted octanol–water partition coefficient (Wildman–Crippen LogP) is 2.08. The second kappa shape index (κ2) is 7.53. The molecule has 1 aromatic carbocycles. The maximum Gasteiger partial charge on any atom is 0.305 e. The maximum absolute atomic E-state index is 12.1. The van der Waals surface area contributed by atoms with E-state index in [9.17, 15) is 9.59 Å². The number of carboxylic acid groups (broad SMARTS) is 1. The van der Waals surface area contributed by atoms with E-state index in [2.05, 4.69) is 18.7 Å². The Morgan fingerprint density at radius 2 is 1.65 bits per heavy atom. The lowest BCUT2D eigenvalue weighted by atomic mass is 10.1. The quantitative estimate of drug-likeness (QED) is 0.829. The highest BCUT2D eigenvalue weighted by atomic mass is 16.4. The Bertz CT molecular complexity index is 453. The molecule has 0 aliphatic heterocycles. The van der Waals surface area contributed by atoms with Gasteiger partial charge in [-0.25, -0.2) is 0 Å². The maximum atomic E-state index is 12.1. The van der Waals surface area contributed by atoms with E-state index < -0.39 is 5.97 Å². The number of hydrogen-bond acceptors (Lipinski definition) is 3. The van der Waals surface area contributed by atoms with Crippen molar-refractivity contribution in [1.82, 2.24) is 4.90 Å². The summed E-state index contributed by atoms with van der Waals surface area (Å²) in [7, 11) is 1.61. The Morgan fingerprint density at radius 1 is 1.10 bits per heavy atom. The third-order valence-electron chi connectivity index (χ3n) is 3.25. The van der Waals surface area contributed by atoms with Gasteiger partial charge in [-0.15, -0.1) is 0 Å². The highest BCUT2D eigenvalue weighted by Crippen LogP contribution is 2.15. The van der Waals surface area contributed by atoms with E-state index in [1.54, 1.807) is 19.2 Å². The molecule has 20 heavy (non-hydrogen) atoms. The molecule has 0 saturated carbocycles. The summed E-state index contributed by atoms with van der Waals surface area (Å²) in [4.78, 5) is 26.2. The molecule has 5 heteroatoms. The molecule has 0 fully saturated rings. The molecule has 0 unspecified atom stereocenters. The molecular weight excluding hydrogens is 256 g/mol. The third-order valence-corrected chi connectivity index (χ3v) is 3.25. The van der Waals surface area contributed by atoms with E-state index in [4.69, 9.17) is 5.11 Å². The predicted molar refractivity (Wildman–Crippen MR) is 79.2 cm³/mol. The van der Waals surface area contributed by atoms with Crippen LogP contribution in [0.15, 0.2) is 24.3 Å². The van der Waals surface area contributed by atoms with Crippen molar-refractivity contribution in [3.05, 3.63) is 29.8 Å². The standard InChI is InChI=1S/C15H22N2O3/c1-4-17(5-2)13-8-6-12(7-9-13)15(20)16(3)11-10-14(18)19/h6-9H,4-5,10-11H2,1-3H3,(H,18,19). The second-order valence-electron chi connectivity index (χ2n) is 4.59. The van der Waals surface area contributed by atoms with Crippen LogP contribution in [0.3, 0.4) is 0 Å². The van der Waals surface area contributed by atoms with Gasteiger partial charge in [-0.3, -0.25) is 9.59 Å². The van der Waals surface area contributed by atoms with Gasteiger partial charge in [0.15, 0.2) is 0 Å². The summed E-state index contributed by atoms with van der Waals surface area (Å²) in [5.74, 6) is -1.06. The molecule has 0 heterocycles. The SMILES string of the molecule is CCN(CC)c1ccc(C(=O)N(C)CCC(=O)O)cc1. The monoisotopic (exact) mass is 278 g/mol. The fourth-order valence-corrected chi connectivity index (χ4v) is 1.99. The highest BCUT2D eigenvalue weighted by Gasteiger charge is 2.13. The van der Waals surface area contributed by atoms with Gasteiger partial charge >= 0.3 is 5.97 Å². The minimum Gasteiger partial charge on any atom is -0.481 e. The molecular formula is C15H22N2O3. The Kier molecular flexibility index (Phi) is 6.03. The van der Waals surface area contributed by atoms with Crippen molar-refractivity contribution in [3.8, 4) is 0 Å². The molecule has 0 bridgehead atoms. The van der Waals surface area contributed by atoms with Crippen molar-refractivity contribution in [2.45, 2.75) is 20.3 Å². The van der Waals surface area contributed by atoms with E-state index in [0.717, 1.165) is 18.8 Å². The molecule has 0 spiro atoms. The van der Waals surface area contributed by atoms with Crippen molar-refractivity contribution >= 4 is 17.6 Å². The summed E-state index contributed by atoms with van der Waals surface area (Å²) in [6, 6.07) is 7.41. The van der Waals surface area contributed by atoms with E-state index in [-0.39, 0.29) is 18.9 Å². The molecule has 1 rings (SSSR count). The number of rotatable bonds is 7. The largest absolute Gasteiger partial charge is 0.481 e. The average Bonchev–Trinajstić information content (AvgIpc) is 2.46. The zero-order valence-electron chi connectivity index (χ0n) is 12.3. The second-order valence-corrected chi connectivity index (χ2v) is 4.59. The summed E-state index contributed by atoms with van der Waals surface area (Å²) >= 11 is 0. The first-order chi connectivity index (χ1) is 9.49. The summed E-state index contributed by atoms with van der Waals surface area (Å²) in [5.41, 5.74) is 1.66. The number of carboxylic acids is 1. The molecule has 0 atom stereocenters. The molecule has 1 N–H and O–H groups in total. The molecule has 0 aromatic heterocycles. The van der Waals surface area contributed by atoms with Gasteiger partial charge in [0.05, 0.1) is 6.42 Å². The minimum absolute atomic E-state index is 0.0419. The summed E-state index contributed by atoms with van der Waals surface area (Å²) in [5, 5.41) is 8.62. The van der Waals surface area contributed by atoms with Gasteiger partial charge in [-0.05, 0) is 38.1 Å². The average molecular weight is 278 g/mol. The van der Waals surface area contributed by atoms with Gasteiger partial charge in [0.2, 0.25) is 0 Å². The molecule has 1 amide bonds. The molecule has 0 aliphatic carbocycles. The van der Waals surface area contributed by atoms with Crippen LogP contribution in [0, 0.1) is 0 Å². The van der Waals surface area contributed by atoms with E-state index in [1.807, 2.05) is 12.1 Å². The lowest BCUT2D eigenvalue weighted by Gasteiger charge is -2.21. The fraction of sp³-hybridized carbons (Fsp3) is 0.467. The van der Waals surface area contributed by atoms with Gasteiger partial charge in [0, 0.05) is 37.9 Å². The molecule has 0 radical (unpaired) electrons. The Hall–Kier alpha value is -2.04. The van der Waals surface area contributed by atoms with Crippen LogP contribution in [0.1, 0.15) is 30.6 Å². The van der Waals surface area contributed by atoms with Crippen LogP contribution in [0.25, 0.3) is 0 Å². The summed E-state index contributed by atoms with van der Waals surface area (Å²) < 4.78 is 0. The van der Waals surface area contributed by atoms with E-state index in [0.29, 0.717) is 5.56 Å². The van der Waals surface area contributed by atoms with E-state index >= 15 is 0 Å². The van der Waals surface area contributed by atoms with Crippen LogP contribution < -0.4 is 4.90 Å². The number of anilines is 1. The Balaban J connectivity index is 2.72. The van der Waals surface area contributed by atoms with Gasteiger partial charge in [0.25, 0.3) is 5.91 Å². The lowest BCUT2D eigenvalue weighted by molar-refractivity contribution is -0.137. The normalized spacial score (nSPS) is 10.2. The topological polar surface area (TPSA) is 60.9 Å².